The van der Waals surface area contributed by atoms with E-state index in [1.807, 2.05) is 20.8 Å². The van der Waals surface area contributed by atoms with E-state index in [1.165, 1.54) is 89.9 Å². The highest BCUT2D eigenvalue weighted by atomic mass is 28.4. The van der Waals surface area contributed by atoms with Gasteiger partial charge in [-0.3, -0.25) is 0 Å². The van der Waals surface area contributed by atoms with Crippen LogP contribution in [0.4, 0.5) is 0 Å². The highest BCUT2D eigenvalue weighted by Gasteiger charge is 2.39. The fraction of sp³-hybridized carbons (Fsp3) is 1.00. The highest BCUT2D eigenvalue weighted by molar-refractivity contribution is 6.60. The van der Waals surface area contributed by atoms with Crippen molar-refractivity contribution in [3.8, 4) is 0 Å². The van der Waals surface area contributed by atoms with Crippen LogP contribution < -0.4 is 0 Å². The van der Waals surface area contributed by atoms with Crippen molar-refractivity contribution < 1.29 is 18.4 Å². The van der Waals surface area contributed by atoms with Gasteiger partial charge in [-0.05, 0) is 33.6 Å². The molecular weight excluding hydrogens is 380 g/mol. The number of hydrogen-bond donors (Lipinski definition) is 1. The Morgan fingerprint density at radius 1 is 0.448 bits per heavy atom. The lowest BCUT2D eigenvalue weighted by Crippen LogP contribution is -2.45. The minimum Gasteiger partial charge on any atom is -0.396 e. The van der Waals surface area contributed by atoms with Gasteiger partial charge in [0.05, 0.1) is 0 Å². The van der Waals surface area contributed by atoms with E-state index in [1.54, 1.807) is 0 Å². The second-order valence-corrected chi connectivity index (χ2v) is 10.8. The van der Waals surface area contributed by atoms with Crippen molar-refractivity contribution >= 4 is 8.80 Å². The van der Waals surface area contributed by atoms with Crippen molar-refractivity contribution in [2.75, 3.05) is 26.4 Å². The Balaban J connectivity index is 3.43. The van der Waals surface area contributed by atoms with Gasteiger partial charge in [0.15, 0.2) is 0 Å². The molecule has 176 valence electrons. The second kappa shape index (κ2) is 22.7. The monoisotopic (exact) mass is 432 g/mol. The summed E-state index contributed by atoms with van der Waals surface area (Å²) >= 11 is 0. The minimum atomic E-state index is -2.41. The molecule has 5 heteroatoms. The van der Waals surface area contributed by atoms with Crippen LogP contribution in [0.25, 0.3) is 0 Å². The molecule has 0 aromatic heterocycles. The van der Waals surface area contributed by atoms with E-state index in [-0.39, 0.29) is 0 Å². The van der Waals surface area contributed by atoms with Crippen molar-refractivity contribution in [1.82, 2.24) is 0 Å². The van der Waals surface area contributed by atoms with Crippen LogP contribution in [0, 0.1) is 0 Å². The number of aliphatic hydroxyl groups excluding tert-OH is 1. The summed E-state index contributed by atoms with van der Waals surface area (Å²) in [5, 5.41) is 8.75. The van der Waals surface area contributed by atoms with E-state index in [2.05, 4.69) is 0 Å². The van der Waals surface area contributed by atoms with E-state index < -0.39 is 8.80 Å². The summed E-state index contributed by atoms with van der Waals surface area (Å²) in [6.45, 7) is 8.48. The molecule has 0 aromatic rings. The quantitative estimate of drug-likeness (QED) is 0.129. The number of aliphatic hydroxyl groups is 1. The lowest BCUT2D eigenvalue weighted by molar-refractivity contribution is 0.0706. The third-order valence-electron chi connectivity index (χ3n) is 5.48. The molecule has 0 atom stereocenters. The van der Waals surface area contributed by atoms with Gasteiger partial charge in [-0.25, -0.2) is 0 Å². The molecule has 1 N–H and O–H groups in total. The molecule has 0 aliphatic heterocycles. The van der Waals surface area contributed by atoms with Crippen molar-refractivity contribution in [3.05, 3.63) is 0 Å². The first kappa shape index (κ1) is 29.1. The molecule has 0 spiro atoms. The van der Waals surface area contributed by atoms with Gasteiger partial charge in [0.2, 0.25) is 0 Å². The van der Waals surface area contributed by atoms with Crippen molar-refractivity contribution in [3.63, 3.8) is 0 Å². The predicted octanol–water partition coefficient (Wildman–Crippen LogP) is 7.27. The summed E-state index contributed by atoms with van der Waals surface area (Å²) in [7, 11) is -2.41. The molecule has 0 unspecified atom stereocenters. The zero-order chi connectivity index (χ0) is 21.5. The first-order chi connectivity index (χ1) is 14.2. The zero-order valence-corrected chi connectivity index (χ0v) is 21.0. The zero-order valence-electron chi connectivity index (χ0n) is 20.0. The largest absolute Gasteiger partial charge is 0.500 e. The first-order valence-electron chi connectivity index (χ1n) is 12.8. The van der Waals surface area contributed by atoms with Gasteiger partial charge in [-0.1, -0.05) is 89.9 Å². The molecule has 0 heterocycles. The smallest absolute Gasteiger partial charge is 0.396 e. The van der Waals surface area contributed by atoms with E-state index in [0.29, 0.717) is 26.4 Å². The summed E-state index contributed by atoms with van der Waals surface area (Å²) < 4.78 is 17.8. The second-order valence-electron chi connectivity index (χ2n) is 8.11. The standard InChI is InChI=1S/C24H52O4Si/c1-4-26-29(27-5-2,28-6-3)24-22-20-18-16-14-12-10-8-7-9-11-13-15-17-19-21-23-25/h25H,4-24H2,1-3H3. The number of rotatable bonds is 24. The average molecular weight is 433 g/mol. The maximum Gasteiger partial charge on any atom is 0.500 e. The van der Waals surface area contributed by atoms with Crippen molar-refractivity contribution in [2.24, 2.45) is 0 Å². The summed E-state index contributed by atoms with van der Waals surface area (Å²) in [5.41, 5.74) is 0. The lowest BCUT2D eigenvalue weighted by Gasteiger charge is -2.28. The Labute approximate surface area is 183 Å². The molecule has 0 bridgehead atoms. The minimum absolute atomic E-state index is 0.359. The van der Waals surface area contributed by atoms with Gasteiger partial charge in [-0.15, -0.1) is 0 Å². The topological polar surface area (TPSA) is 47.9 Å². The number of unbranched alkanes of at least 4 members (excludes halogenated alkanes) is 15. The summed E-state index contributed by atoms with van der Waals surface area (Å²) in [6.07, 6.45) is 21.1. The molecule has 0 rings (SSSR count). The molecule has 0 amide bonds. The lowest BCUT2D eigenvalue weighted by atomic mass is 10.0. The van der Waals surface area contributed by atoms with Crippen molar-refractivity contribution in [2.45, 2.75) is 130 Å². The average Bonchev–Trinajstić information content (AvgIpc) is 2.71. The number of hydrogen-bond acceptors (Lipinski definition) is 4. The molecule has 0 aliphatic rings. The fourth-order valence-electron chi connectivity index (χ4n) is 3.93. The predicted molar refractivity (Wildman–Crippen MR) is 126 cm³/mol. The molecular formula is C24H52O4Si. The molecule has 4 nitrogen and oxygen atoms in total. The van der Waals surface area contributed by atoms with Crippen LogP contribution in [-0.2, 0) is 13.3 Å². The van der Waals surface area contributed by atoms with Gasteiger partial charge >= 0.3 is 8.80 Å². The van der Waals surface area contributed by atoms with Crippen LogP contribution in [0.3, 0.4) is 0 Å². The maximum atomic E-state index is 8.75. The fourth-order valence-corrected chi connectivity index (χ4v) is 6.61. The molecule has 0 radical (unpaired) electrons. The molecule has 0 saturated carbocycles. The third-order valence-corrected chi connectivity index (χ3v) is 8.64. The van der Waals surface area contributed by atoms with Gasteiger partial charge in [0, 0.05) is 32.5 Å². The van der Waals surface area contributed by atoms with Crippen LogP contribution >= 0.6 is 0 Å². The third kappa shape index (κ3) is 18.5. The summed E-state index contributed by atoms with van der Waals surface area (Å²) in [6, 6.07) is 0.962. The summed E-state index contributed by atoms with van der Waals surface area (Å²) in [5.74, 6) is 0. The molecule has 0 fully saturated rings. The Hall–Kier alpha value is 0.0569. The molecule has 0 saturated heterocycles. The highest BCUT2D eigenvalue weighted by Crippen LogP contribution is 2.21. The van der Waals surface area contributed by atoms with Crippen LogP contribution in [0.5, 0.6) is 0 Å². The van der Waals surface area contributed by atoms with Crippen LogP contribution in [-0.4, -0.2) is 40.3 Å². The molecule has 29 heavy (non-hydrogen) atoms. The van der Waals surface area contributed by atoms with E-state index >= 15 is 0 Å². The SMILES string of the molecule is CCO[Si](CCCCCCCCCCCCCCCCCCO)(OCC)OCC. The normalized spacial score (nSPS) is 12.0. The van der Waals surface area contributed by atoms with Gasteiger partial charge in [-0.2, -0.15) is 0 Å². The Kier molecular flexibility index (Phi) is 22.8. The molecule has 0 aromatic carbocycles. The van der Waals surface area contributed by atoms with Gasteiger partial charge in [0.25, 0.3) is 0 Å². The Morgan fingerprint density at radius 3 is 1.00 bits per heavy atom. The van der Waals surface area contributed by atoms with Gasteiger partial charge < -0.3 is 18.4 Å². The maximum absolute atomic E-state index is 8.75. The van der Waals surface area contributed by atoms with E-state index in [9.17, 15) is 0 Å². The first-order valence-corrected chi connectivity index (χ1v) is 14.7. The van der Waals surface area contributed by atoms with E-state index in [0.717, 1.165) is 18.9 Å². The van der Waals surface area contributed by atoms with Gasteiger partial charge in [0.1, 0.15) is 0 Å². The Morgan fingerprint density at radius 2 is 0.724 bits per heavy atom. The van der Waals surface area contributed by atoms with Crippen molar-refractivity contribution in [1.29, 1.82) is 0 Å². The van der Waals surface area contributed by atoms with E-state index in [4.69, 9.17) is 18.4 Å². The molecule has 0 aliphatic carbocycles. The van der Waals surface area contributed by atoms with Crippen LogP contribution in [0.2, 0.25) is 6.04 Å². The van der Waals surface area contributed by atoms with Crippen LogP contribution in [0.1, 0.15) is 124 Å². The Bertz CT molecular complexity index is 298. The summed E-state index contributed by atoms with van der Waals surface area (Å²) in [4.78, 5) is 0. The van der Waals surface area contributed by atoms with Crippen LogP contribution in [0.15, 0.2) is 0 Å².